The molecule has 6 nitrogen and oxygen atoms in total. The lowest BCUT2D eigenvalue weighted by atomic mass is 9.85. The van der Waals surface area contributed by atoms with Crippen LogP contribution in [0.1, 0.15) is 30.6 Å². The standard InChI is InChI=1S/C40H26O2S4.2C4H8O2/c41-39(35-21-25-9-1-5-13-31(25)43-35,36-22-26-10-2-6-14-32(26)44-36)29-17-19-30(20-18-29)40(42,37-23-27-11-3-7-15-33(27)45-37)38-24-28-12-4-8-16-34(28)46-38;2*1-2-6-4-3-5-1/h1-24,41-42H;2*1-4H2. The van der Waals surface area contributed by atoms with E-state index in [4.69, 9.17) is 18.9 Å². The second-order valence-electron chi connectivity index (χ2n) is 14.0. The van der Waals surface area contributed by atoms with E-state index in [0.717, 1.165) is 124 Å². The second kappa shape index (κ2) is 17.5. The summed E-state index contributed by atoms with van der Waals surface area (Å²) >= 11 is 6.49. The SMILES string of the molecule is C1COCCO1.C1COCCO1.OC(c1ccc(C(O)(c2cc3ccccc3s2)c2cc3ccccc3s2)cc1)(c1cc2ccccc2s1)c1cc2ccccc2s1. The van der Waals surface area contributed by atoms with Crippen LogP contribution in [0.5, 0.6) is 0 Å². The molecule has 2 aliphatic rings. The summed E-state index contributed by atoms with van der Waals surface area (Å²) in [5.41, 5.74) is -1.19. The third-order valence-corrected chi connectivity index (χ3v) is 15.2. The van der Waals surface area contributed by atoms with Crippen molar-refractivity contribution in [2.75, 3.05) is 52.9 Å². The highest BCUT2D eigenvalue weighted by Gasteiger charge is 2.40. The van der Waals surface area contributed by atoms with Crippen molar-refractivity contribution in [1.82, 2.24) is 0 Å². The van der Waals surface area contributed by atoms with Crippen LogP contribution in [-0.4, -0.2) is 63.1 Å². The Hall–Kier alpha value is -4.30. The van der Waals surface area contributed by atoms with Crippen molar-refractivity contribution in [2.45, 2.75) is 11.2 Å². The lowest BCUT2D eigenvalue weighted by Crippen LogP contribution is -2.29. The van der Waals surface area contributed by atoms with Crippen LogP contribution < -0.4 is 0 Å². The van der Waals surface area contributed by atoms with Crippen LogP contribution >= 0.6 is 45.3 Å². The molecule has 10 heteroatoms. The summed E-state index contributed by atoms with van der Waals surface area (Å²) < 4.78 is 24.3. The van der Waals surface area contributed by atoms with Gasteiger partial charge in [0, 0.05) is 38.3 Å². The van der Waals surface area contributed by atoms with Crippen LogP contribution in [-0.2, 0) is 30.1 Å². The number of hydrogen-bond donors (Lipinski definition) is 2. The first-order valence-electron chi connectivity index (χ1n) is 19.3. The highest BCUT2D eigenvalue weighted by atomic mass is 32.1. The van der Waals surface area contributed by atoms with Crippen molar-refractivity contribution in [2.24, 2.45) is 0 Å². The minimum absolute atomic E-state index is 0.768. The van der Waals surface area contributed by atoms with Crippen LogP contribution in [0.4, 0.5) is 0 Å². The van der Waals surface area contributed by atoms with E-state index in [1.165, 1.54) is 0 Å². The van der Waals surface area contributed by atoms with Gasteiger partial charge in [0.2, 0.25) is 0 Å². The monoisotopic (exact) mass is 842 g/mol. The summed E-state index contributed by atoms with van der Waals surface area (Å²) in [5, 5.41) is 30.3. The fourth-order valence-electron chi connectivity index (χ4n) is 7.28. The topological polar surface area (TPSA) is 77.4 Å². The first kappa shape index (κ1) is 39.2. The zero-order chi connectivity index (χ0) is 39.4. The average molecular weight is 843 g/mol. The number of thiophene rings is 4. The molecular formula is C48H42O6S4. The largest absolute Gasteiger partial charge is 0.377 e. The summed E-state index contributed by atoms with van der Waals surface area (Å²) in [5.74, 6) is 0. The first-order chi connectivity index (χ1) is 28.5. The average Bonchev–Trinajstić information content (AvgIpc) is 4.12. The summed E-state index contributed by atoms with van der Waals surface area (Å²) in [4.78, 5) is 3.49. The Bertz CT molecular complexity index is 2260. The van der Waals surface area contributed by atoms with Gasteiger partial charge in [-0.2, -0.15) is 0 Å². The molecule has 0 radical (unpaired) electrons. The maximum atomic E-state index is 12.9. The van der Waals surface area contributed by atoms with Crippen molar-refractivity contribution in [3.63, 3.8) is 0 Å². The molecule has 2 saturated heterocycles. The Morgan fingerprint density at radius 1 is 0.328 bits per heavy atom. The number of aliphatic hydroxyl groups is 2. The highest BCUT2D eigenvalue weighted by Crippen LogP contribution is 2.49. The molecule has 6 heterocycles. The minimum atomic E-state index is -1.36. The molecule has 2 N–H and O–H groups in total. The van der Waals surface area contributed by atoms with Gasteiger partial charge in [0.05, 0.1) is 52.9 Å². The van der Waals surface area contributed by atoms with E-state index in [1.807, 2.05) is 72.8 Å². The maximum Gasteiger partial charge on any atom is 0.158 e. The zero-order valence-electron chi connectivity index (χ0n) is 31.7. The van der Waals surface area contributed by atoms with Gasteiger partial charge in [-0.25, -0.2) is 0 Å². The number of ether oxygens (including phenoxy) is 4. The quantitative estimate of drug-likeness (QED) is 0.174. The third kappa shape index (κ3) is 7.90. The molecule has 0 amide bonds. The van der Waals surface area contributed by atoms with Gasteiger partial charge in [-0.15, -0.1) is 45.3 Å². The van der Waals surface area contributed by atoms with Gasteiger partial charge in [-0.05, 0) is 81.2 Å². The fourth-order valence-corrected chi connectivity index (χ4v) is 12.2. The molecule has 0 unspecified atom stereocenters. The van der Waals surface area contributed by atoms with Crippen LogP contribution in [0.15, 0.2) is 146 Å². The molecule has 2 aliphatic heterocycles. The molecule has 2 fully saturated rings. The predicted molar refractivity (Wildman–Crippen MR) is 241 cm³/mol. The molecule has 294 valence electrons. The van der Waals surface area contributed by atoms with Gasteiger partial charge in [-0.1, -0.05) is 97.1 Å². The number of fused-ring (bicyclic) bond motifs is 4. The molecule has 4 aromatic heterocycles. The number of hydrogen-bond acceptors (Lipinski definition) is 10. The lowest BCUT2D eigenvalue weighted by molar-refractivity contribution is -0.0334. The molecule has 0 bridgehead atoms. The molecule has 11 rings (SSSR count). The Morgan fingerprint density at radius 3 is 0.759 bits per heavy atom. The van der Waals surface area contributed by atoms with E-state index in [2.05, 4.69) is 72.8 Å². The van der Waals surface area contributed by atoms with Crippen LogP contribution in [0.3, 0.4) is 0 Å². The first-order valence-corrected chi connectivity index (χ1v) is 22.6. The van der Waals surface area contributed by atoms with Crippen molar-refractivity contribution >= 4 is 85.7 Å². The molecule has 58 heavy (non-hydrogen) atoms. The summed E-state index contributed by atoms with van der Waals surface area (Å²) in [7, 11) is 0. The van der Waals surface area contributed by atoms with Gasteiger partial charge in [0.15, 0.2) is 11.2 Å². The smallest absolute Gasteiger partial charge is 0.158 e. The molecule has 0 atom stereocenters. The van der Waals surface area contributed by atoms with E-state index in [9.17, 15) is 10.2 Å². The van der Waals surface area contributed by atoms with Crippen LogP contribution in [0.2, 0.25) is 0 Å². The Morgan fingerprint density at radius 2 is 0.552 bits per heavy atom. The zero-order valence-corrected chi connectivity index (χ0v) is 34.9. The van der Waals surface area contributed by atoms with Gasteiger partial charge in [-0.3, -0.25) is 0 Å². The summed E-state index contributed by atoms with van der Waals surface area (Å²) in [6.07, 6.45) is 0. The van der Waals surface area contributed by atoms with E-state index < -0.39 is 11.2 Å². The van der Waals surface area contributed by atoms with Crippen molar-refractivity contribution in [1.29, 1.82) is 0 Å². The number of benzene rings is 5. The van der Waals surface area contributed by atoms with Crippen molar-refractivity contribution in [3.8, 4) is 0 Å². The van der Waals surface area contributed by atoms with E-state index in [0.29, 0.717) is 0 Å². The highest BCUT2D eigenvalue weighted by molar-refractivity contribution is 7.21. The molecule has 5 aromatic carbocycles. The molecule has 0 spiro atoms. The fraction of sp³-hybridized carbons (Fsp3) is 0.208. The summed E-state index contributed by atoms with van der Waals surface area (Å²) in [6, 6.07) is 49.6. The normalized spacial score (nSPS) is 14.9. The number of rotatable bonds is 6. The second-order valence-corrected chi connectivity index (χ2v) is 18.4. The lowest BCUT2D eigenvalue weighted by Gasteiger charge is -2.30. The van der Waals surface area contributed by atoms with Gasteiger partial charge in [0.25, 0.3) is 0 Å². The van der Waals surface area contributed by atoms with E-state index >= 15 is 0 Å². The molecule has 9 aromatic rings. The van der Waals surface area contributed by atoms with Gasteiger partial charge in [0.1, 0.15) is 0 Å². The van der Waals surface area contributed by atoms with E-state index in [-0.39, 0.29) is 0 Å². The molecule has 0 saturated carbocycles. The van der Waals surface area contributed by atoms with Crippen molar-refractivity contribution < 1.29 is 29.2 Å². The maximum absolute atomic E-state index is 12.9. The Balaban J connectivity index is 0.000000312. The third-order valence-electron chi connectivity index (χ3n) is 10.3. The Labute approximate surface area is 353 Å². The van der Waals surface area contributed by atoms with Crippen LogP contribution in [0, 0.1) is 0 Å². The predicted octanol–water partition coefficient (Wildman–Crippen LogP) is 11.2. The van der Waals surface area contributed by atoms with E-state index in [1.54, 1.807) is 45.3 Å². The molecular weight excluding hydrogens is 801 g/mol. The minimum Gasteiger partial charge on any atom is -0.377 e. The molecule has 0 aliphatic carbocycles. The van der Waals surface area contributed by atoms with Crippen molar-refractivity contribution in [3.05, 3.63) is 176 Å². The summed E-state index contributed by atoms with van der Waals surface area (Å²) in [6.45, 7) is 6.22. The van der Waals surface area contributed by atoms with Gasteiger partial charge < -0.3 is 29.2 Å². The Kier molecular flexibility index (Phi) is 11.8. The van der Waals surface area contributed by atoms with Gasteiger partial charge >= 0.3 is 0 Å². The van der Waals surface area contributed by atoms with Crippen LogP contribution in [0.25, 0.3) is 40.3 Å².